The maximum absolute atomic E-state index is 12.1. The van der Waals surface area contributed by atoms with E-state index in [0.29, 0.717) is 0 Å². The minimum atomic E-state index is -0.448. The number of nitrogens with zero attached hydrogens (tertiary/aromatic N) is 2. The number of ether oxygens (including phenoxy) is 1. The van der Waals surface area contributed by atoms with Gasteiger partial charge >= 0.3 is 6.09 Å². The van der Waals surface area contributed by atoms with Crippen LogP contribution in [0, 0.1) is 13.8 Å². The lowest BCUT2D eigenvalue weighted by atomic mass is 9.91. The Kier molecular flexibility index (Phi) is 4.24. The molecule has 4 heteroatoms. The average molecular weight is 356 g/mol. The summed E-state index contributed by atoms with van der Waals surface area (Å²) >= 11 is 0. The molecule has 0 atom stereocenters. The van der Waals surface area contributed by atoms with Gasteiger partial charge in [-0.3, -0.25) is 0 Å². The summed E-state index contributed by atoms with van der Waals surface area (Å²) in [5.41, 5.74) is 8.31. The van der Waals surface area contributed by atoms with Gasteiger partial charge in [0.1, 0.15) is 6.33 Å². The molecule has 0 unspecified atom stereocenters. The minimum Gasteiger partial charge on any atom is -0.452 e. The zero-order valence-corrected chi connectivity index (χ0v) is 15.6. The summed E-state index contributed by atoms with van der Waals surface area (Å²) in [6.07, 6.45) is 1.06. The number of benzene rings is 3. The third kappa shape index (κ3) is 2.99. The van der Waals surface area contributed by atoms with Crippen molar-refractivity contribution < 1.29 is 9.53 Å². The lowest BCUT2D eigenvalue weighted by molar-refractivity contribution is 0.174. The van der Waals surface area contributed by atoms with Gasteiger partial charge in [-0.15, -0.1) is 0 Å². The van der Waals surface area contributed by atoms with E-state index < -0.39 is 6.09 Å². The van der Waals surface area contributed by atoms with Crippen LogP contribution in [0.25, 0.3) is 33.3 Å². The van der Waals surface area contributed by atoms with Crippen molar-refractivity contribution in [3.8, 4) is 22.3 Å². The van der Waals surface area contributed by atoms with Crippen LogP contribution in [0.15, 0.2) is 67.0 Å². The van der Waals surface area contributed by atoms with Gasteiger partial charge in [0, 0.05) is 0 Å². The SMILES string of the molecule is COC(=O)n1cnc2cc(-c3ccccc3)c(-c3ccc(C)cc3C)cc21. The van der Waals surface area contributed by atoms with Gasteiger partial charge in [-0.25, -0.2) is 14.3 Å². The standard InChI is InChI=1S/C23H20N2O2/c1-15-9-10-18(16(2)11-15)20-13-22-21(24-14-25(22)23(26)27-3)12-19(20)17-7-5-4-6-8-17/h4-14H,1-3H3. The first-order valence-corrected chi connectivity index (χ1v) is 8.81. The van der Waals surface area contributed by atoms with Crippen molar-refractivity contribution in [3.05, 3.63) is 78.1 Å². The van der Waals surface area contributed by atoms with Gasteiger partial charge in [-0.05, 0) is 53.8 Å². The van der Waals surface area contributed by atoms with E-state index in [9.17, 15) is 4.79 Å². The van der Waals surface area contributed by atoms with E-state index in [-0.39, 0.29) is 0 Å². The van der Waals surface area contributed by atoms with Crippen molar-refractivity contribution in [1.29, 1.82) is 0 Å². The number of aromatic nitrogens is 2. The fraction of sp³-hybridized carbons (Fsp3) is 0.130. The maximum Gasteiger partial charge on any atom is 0.419 e. The number of hydrogen-bond acceptors (Lipinski definition) is 3. The lowest BCUT2D eigenvalue weighted by Gasteiger charge is -2.14. The zero-order valence-electron chi connectivity index (χ0n) is 15.6. The van der Waals surface area contributed by atoms with Crippen LogP contribution in [0.3, 0.4) is 0 Å². The first-order valence-electron chi connectivity index (χ1n) is 8.81. The molecule has 0 amide bonds. The Labute approximate surface area is 158 Å². The average Bonchev–Trinajstić information content (AvgIpc) is 3.10. The van der Waals surface area contributed by atoms with E-state index in [1.165, 1.54) is 29.1 Å². The number of carbonyl (C=O) groups is 1. The van der Waals surface area contributed by atoms with Crippen LogP contribution in [0.4, 0.5) is 4.79 Å². The highest BCUT2D eigenvalue weighted by Gasteiger charge is 2.16. The minimum absolute atomic E-state index is 0.448. The molecule has 0 saturated carbocycles. The first kappa shape index (κ1) is 17.0. The largest absolute Gasteiger partial charge is 0.452 e. The predicted octanol–water partition coefficient (Wildman–Crippen LogP) is 5.60. The topological polar surface area (TPSA) is 44.1 Å². The van der Waals surface area contributed by atoms with Crippen LogP contribution in [0.5, 0.6) is 0 Å². The number of imidazole rings is 1. The summed E-state index contributed by atoms with van der Waals surface area (Å²) < 4.78 is 6.33. The van der Waals surface area contributed by atoms with E-state index in [2.05, 4.69) is 49.2 Å². The number of fused-ring (bicyclic) bond motifs is 1. The van der Waals surface area contributed by atoms with Crippen LogP contribution < -0.4 is 0 Å². The Morgan fingerprint density at radius 1 is 0.926 bits per heavy atom. The normalized spacial score (nSPS) is 10.9. The molecule has 1 heterocycles. The summed E-state index contributed by atoms with van der Waals surface area (Å²) in [6.45, 7) is 4.20. The molecule has 0 saturated heterocycles. The van der Waals surface area contributed by atoms with Crippen molar-refractivity contribution in [3.63, 3.8) is 0 Å². The van der Waals surface area contributed by atoms with Gasteiger partial charge in [0.05, 0.1) is 18.1 Å². The Hall–Kier alpha value is -3.40. The smallest absolute Gasteiger partial charge is 0.419 e. The Balaban J connectivity index is 2.04. The molecule has 4 rings (SSSR count). The summed E-state index contributed by atoms with van der Waals surface area (Å²) in [7, 11) is 1.37. The number of rotatable bonds is 2. The zero-order chi connectivity index (χ0) is 19.0. The third-order valence-corrected chi connectivity index (χ3v) is 4.81. The van der Waals surface area contributed by atoms with Crippen molar-refractivity contribution in [2.75, 3.05) is 7.11 Å². The lowest BCUT2D eigenvalue weighted by Crippen LogP contribution is -2.09. The second-order valence-corrected chi connectivity index (χ2v) is 6.66. The molecule has 0 aliphatic heterocycles. The van der Waals surface area contributed by atoms with Crippen molar-refractivity contribution >= 4 is 17.1 Å². The Bertz CT molecular complexity index is 1140. The first-order chi connectivity index (χ1) is 13.1. The Morgan fingerprint density at radius 2 is 1.70 bits per heavy atom. The second-order valence-electron chi connectivity index (χ2n) is 6.66. The number of hydrogen-bond donors (Lipinski definition) is 0. The van der Waals surface area contributed by atoms with Gasteiger partial charge in [0.15, 0.2) is 0 Å². The molecule has 0 N–H and O–H groups in total. The molecule has 1 aromatic heterocycles. The summed E-state index contributed by atoms with van der Waals surface area (Å²) in [4.78, 5) is 16.5. The highest BCUT2D eigenvalue weighted by molar-refractivity contribution is 5.97. The van der Waals surface area contributed by atoms with Gasteiger partial charge < -0.3 is 4.74 Å². The molecule has 0 aliphatic carbocycles. The van der Waals surface area contributed by atoms with Crippen molar-refractivity contribution in [1.82, 2.24) is 9.55 Å². The second kappa shape index (κ2) is 6.72. The van der Waals surface area contributed by atoms with Crippen LogP contribution >= 0.6 is 0 Å². The monoisotopic (exact) mass is 356 g/mol. The van der Waals surface area contributed by atoms with Crippen LogP contribution in [-0.2, 0) is 4.74 Å². The van der Waals surface area contributed by atoms with Gasteiger partial charge in [0.2, 0.25) is 0 Å². The quantitative estimate of drug-likeness (QED) is 0.469. The van der Waals surface area contributed by atoms with E-state index in [1.54, 1.807) is 0 Å². The van der Waals surface area contributed by atoms with E-state index in [0.717, 1.165) is 33.3 Å². The predicted molar refractivity (Wildman–Crippen MR) is 108 cm³/mol. The number of methoxy groups -OCH3 is 1. The molecular weight excluding hydrogens is 336 g/mol. The highest BCUT2D eigenvalue weighted by Crippen LogP contribution is 2.37. The Morgan fingerprint density at radius 3 is 2.41 bits per heavy atom. The number of aryl methyl sites for hydroxylation is 2. The van der Waals surface area contributed by atoms with Crippen molar-refractivity contribution in [2.45, 2.75) is 13.8 Å². The molecular formula is C23H20N2O2. The van der Waals surface area contributed by atoms with E-state index >= 15 is 0 Å². The molecule has 134 valence electrons. The van der Waals surface area contributed by atoms with Crippen molar-refractivity contribution in [2.24, 2.45) is 0 Å². The molecule has 0 aliphatic rings. The van der Waals surface area contributed by atoms with Crippen LogP contribution in [-0.4, -0.2) is 22.8 Å². The maximum atomic E-state index is 12.1. The molecule has 0 fully saturated rings. The fourth-order valence-corrected chi connectivity index (χ4v) is 3.49. The molecule has 0 bridgehead atoms. The molecule has 0 radical (unpaired) electrons. The van der Waals surface area contributed by atoms with Gasteiger partial charge in [0.25, 0.3) is 0 Å². The van der Waals surface area contributed by atoms with Gasteiger partial charge in [-0.2, -0.15) is 0 Å². The summed E-state index contributed by atoms with van der Waals surface area (Å²) in [5.74, 6) is 0. The fourth-order valence-electron chi connectivity index (χ4n) is 3.49. The molecule has 4 aromatic rings. The molecule has 3 aromatic carbocycles. The van der Waals surface area contributed by atoms with Crippen LogP contribution in [0.1, 0.15) is 11.1 Å². The summed E-state index contributed by atoms with van der Waals surface area (Å²) in [6, 6.07) is 20.7. The third-order valence-electron chi connectivity index (χ3n) is 4.81. The number of carbonyl (C=O) groups excluding carboxylic acids is 1. The summed E-state index contributed by atoms with van der Waals surface area (Å²) in [5, 5.41) is 0. The van der Waals surface area contributed by atoms with E-state index in [1.807, 2.05) is 30.3 Å². The van der Waals surface area contributed by atoms with E-state index in [4.69, 9.17) is 4.74 Å². The molecule has 0 spiro atoms. The molecule has 4 nitrogen and oxygen atoms in total. The highest BCUT2D eigenvalue weighted by atomic mass is 16.5. The van der Waals surface area contributed by atoms with Gasteiger partial charge in [-0.1, -0.05) is 54.1 Å². The van der Waals surface area contributed by atoms with Crippen LogP contribution in [0.2, 0.25) is 0 Å². The molecule has 27 heavy (non-hydrogen) atoms.